The molecule has 0 radical (unpaired) electrons. The number of hydrogen-bond donors (Lipinski definition) is 1. The van der Waals surface area contributed by atoms with Crippen LogP contribution in [0, 0.1) is 6.92 Å². The molecule has 0 atom stereocenters. The Morgan fingerprint density at radius 2 is 1.81 bits per heavy atom. The maximum Gasteiger partial charge on any atom is 0.262 e. The van der Waals surface area contributed by atoms with Crippen LogP contribution in [0.4, 0.5) is 5.69 Å². The van der Waals surface area contributed by atoms with Gasteiger partial charge in [0, 0.05) is 14.1 Å². The topological polar surface area (TPSA) is 84.9 Å². The van der Waals surface area contributed by atoms with Gasteiger partial charge in [-0.2, -0.15) is 0 Å². The Hall–Kier alpha value is -2.58. The first-order chi connectivity index (χ1) is 12.3. The zero-order valence-corrected chi connectivity index (χ0v) is 16.0. The third-order valence-electron chi connectivity index (χ3n) is 3.60. The fourth-order valence-electron chi connectivity index (χ4n) is 2.22. The van der Waals surface area contributed by atoms with Gasteiger partial charge in [0.1, 0.15) is 4.90 Å². The number of nitrogens with one attached hydrogen (secondary N) is 1. The molecular formula is C18H22N2O5S. The number of amides is 1. The summed E-state index contributed by atoms with van der Waals surface area (Å²) >= 11 is 0. The van der Waals surface area contributed by atoms with E-state index in [9.17, 15) is 13.2 Å². The van der Waals surface area contributed by atoms with Crippen molar-refractivity contribution >= 4 is 21.6 Å². The predicted octanol–water partition coefficient (Wildman–Crippen LogP) is 2.27. The van der Waals surface area contributed by atoms with Gasteiger partial charge in [0.05, 0.1) is 12.8 Å². The Morgan fingerprint density at radius 1 is 1.12 bits per heavy atom. The smallest absolute Gasteiger partial charge is 0.262 e. The van der Waals surface area contributed by atoms with E-state index in [0.717, 1.165) is 9.87 Å². The molecule has 0 aliphatic heterocycles. The van der Waals surface area contributed by atoms with Gasteiger partial charge in [0.25, 0.3) is 5.91 Å². The Bertz CT molecular complexity index is 894. The fourth-order valence-corrected chi connectivity index (χ4v) is 3.26. The molecule has 1 N–H and O–H groups in total. The zero-order chi connectivity index (χ0) is 19.3. The number of hydrogen-bond acceptors (Lipinski definition) is 5. The van der Waals surface area contributed by atoms with Gasteiger partial charge in [0.15, 0.2) is 18.1 Å². The second-order valence-corrected chi connectivity index (χ2v) is 7.90. The SMILES string of the molecule is COc1cc(C)ccc1OCC(=O)Nc1ccccc1S(=O)(=O)N(C)C. The molecule has 2 rings (SSSR count). The van der Waals surface area contributed by atoms with Gasteiger partial charge < -0.3 is 14.8 Å². The lowest BCUT2D eigenvalue weighted by Crippen LogP contribution is -2.25. The first-order valence-electron chi connectivity index (χ1n) is 7.84. The molecule has 0 spiro atoms. The standard InChI is InChI=1S/C18H22N2O5S/c1-13-9-10-15(16(11-13)24-4)25-12-18(21)19-14-7-5-6-8-17(14)26(22,23)20(2)3/h5-11H,12H2,1-4H3,(H,19,21). The molecule has 7 nitrogen and oxygen atoms in total. The van der Waals surface area contributed by atoms with Crippen LogP contribution in [0.5, 0.6) is 11.5 Å². The van der Waals surface area contributed by atoms with Crippen LogP contribution in [0.15, 0.2) is 47.4 Å². The lowest BCUT2D eigenvalue weighted by molar-refractivity contribution is -0.118. The number of aryl methyl sites for hydroxylation is 1. The van der Waals surface area contributed by atoms with E-state index in [-0.39, 0.29) is 17.2 Å². The number of sulfonamides is 1. The molecule has 8 heteroatoms. The molecule has 0 saturated carbocycles. The molecular weight excluding hydrogens is 356 g/mol. The number of ether oxygens (including phenoxy) is 2. The third-order valence-corrected chi connectivity index (χ3v) is 5.47. The molecule has 26 heavy (non-hydrogen) atoms. The van der Waals surface area contributed by atoms with Crippen molar-refractivity contribution in [1.82, 2.24) is 4.31 Å². The second-order valence-electron chi connectivity index (χ2n) is 5.77. The number of methoxy groups -OCH3 is 1. The molecule has 2 aromatic rings. The highest BCUT2D eigenvalue weighted by molar-refractivity contribution is 7.89. The van der Waals surface area contributed by atoms with Crippen molar-refractivity contribution in [1.29, 1.82) is 0 Å². The van der Waals surface area contributed by atoms with Gasteiger partial charge in [-0.3, -0.25) is 4.79 Å². The summed E-state index contributed by atoms with van der Waals surface area (Å²) in [6, 6.07) is 11.6. The highest BCUT2D eigenvalue weighted by atomic mass is 32.2. The van der Waals surface area contributed by atoms with Crippen LogP contribution in [0.2, 0.25) is 0 Å². The van der Waals surface area contributed by atoms with Crippen LogP contribution in [0.3, 0.4) is 0 Å². The van der Waals surface area contributed by atoms with Crippen molar-refractivity contribution in [3.05, 3.63) is 48.0 Å². The number of anilines is 1. The number of nitrogens with zero attached hydrogens (tertiary/aromatic N) is 1. The third kappa shape index (κ3) is 4.53. The van der Waals surface area contributed by atoms with Crippen LogP contribution < -0.4 is 14.8 Å². The highest BCUT2D eigenvalue weighted by Crippen LogP contribution is 2.28. The van der Waals surface area contributed by atoms with Gasteiger partial charge in [-0.25, -0.2) is 12.7 Å². The van der Waals surface area contributed by atoms with Crippen LogP contribution in [0.1, 0.15) is 5.56 Å². The Kier molecular flexibility index (Phi) is 6.23. The normalized spacial score (nSPS) is 11.3. The van der Waals surface area contributed by atoms with Crippen molar-refractivity contribution < 1.29 is 22.7 Å². The lowest BCUT2D eigenvalue weighted by atomic mass is 10.2. The maximum atomic E-state index is 12.4. The Balaban J connectivity index is 2.12. The highest BCUT2D eigenvalue weighted by Gasteiger charge is 2.22. The minimum absolute atomic E-state index is 0.0197. The van der Waals surface area contributed by atoms with Crippen molar-refractivity contribution in [2.75, 3.05) is 33.1 Å². The molecule has 0 bridgehead atoms. The fraction of sp³-hybridized carbons (Fsp3) is 0.278. The van der Waals surface area contributed by atoms with Gasteiger partial charge in [0.2, 0.25) is 10.0 Å². The minimum Gasteiger partial charge on any atom is -0.493 e. The summed E-state index contributed by atoms with van der Waals surface area (Å²) in [7, 11) is 0.703. The number of carbonyl (C=O) groups excluding carboxylic acids is 1. The molecule has 1 amide bonds. The van der Waals surface area contributed by atoms with E-state index in [2.05, 4.69) is 5.32 Å². The number of para-hydroxylation sites is 1. The molecule has 0 aliphatic rings. The molecule has 0 heterocycles. The molecule has 0 aliphatic carbocycles. The average molecular weight is 378 g/mol. The van der Waals surface area contributed by atoms with E-state index in [0.29, 0.717) is 11.5 Å². The molecule has 0 aromatic heterocycles. The molecule has 0 fully saturated rings. The van der Waals surface area contributed by atoms with Gasteiger partial charge in [-0.1, -0.05) is 18.2 Å². The average Bonchev–Trinajstić information content (AvgIpc) is 2.60. The minimum atomic E-state index is -3.68. The van der Waals surface area contributed by atoms with E-state index in [1.807, 2.05) is 13.0 Å². The maximum absolute atomic E-state index is 12.4. The van der Waals surface area contributed by atoms with E-state index in [1.54, 1.807) is 24.3 Å². The summed E-state index contributed by atoms with van der Waals surface area (Å²) in [5, 5.41) is 2.58. The van der Waals surface area contributed by atoms with Gasteiger partial charge >= 0.3 is 0 Å². The van der Waals surface area contributed by atoms with E-state index in [4.69, 9.17) is 9.47 Å². The molecule has 140 valence electrons. The van der Waals surface area contributed by atoms with Gasteiger partial charge in [-0.15, -0.1) is 0 Å². The van der Waals surface area contributed by atoms with E-state index in [1.165, 1.54) is 33.3 Å². The van der Waals surface area contributed by atoms with Crippen molar-refractivity contribution in [3.8, 4) is 11.5 Å². The first kappa shape index (κ1) is 19.7. The van der Waals surface area contributed by atoms with Crippen molar-refractivity contribution in [2.24, 2.45) is 0 Å². The summed E-state index contributed by atoms with van der Waals surface area (Å²) in [5.41, 5.74) is 1.20. The quantitative estimate of drug-likeness (QED) is 0.799. The van der Waals surface area contributed by atoms with Gasteiger partial charge in [-0.05, 0) is 36.8 Å². The largest absolute Gasteiger partial charge is 0.493 e. The first-order valence-corrected chi connectivity index (χ1v) is 9.28. The predicted molar refractivity (Wildman–Crippen MR) is 99.2 cm³/mol. The van der Waals surface area contributed by atoms with Crippen LogP contribution >= 0.6 is 0 Å². The lowest BCUT2D eigenvalue weighted by Gasteiger charge is -2.16. The monoisotopic (exact) mass is 378 g/mol. The Morgan fingerprint density at radius 3 is 2.46 bits per heavy atom. The van der Waals surface area contributed by atoms with Crippen LogP contribution in [0.25, 0.3) is 0 Å². The summed E-state index contributed by atoms with van der Waals surface area (Å²) < 4.78 is 36.5. The molecule has 0 saturated heterocycles. The zero-order valence-electron chi connectivity index (χ0n) is 15.1. The second kappa shape index (κ2) is 8.20. The van der Waals surface area contributed by atoms with Crippen LogP contribution in [-0.2, 0) is 14.8 Å². The molecule has 0 unspecified atom stereocenters. The van der Waals surface area contributed by atoms with E-state index < -0.39 is 15.9 Å². The van der Waals surface area contributed by atoms with Crippen molar-refractivity contribution in [2.45, 2.75) is 11.8 Å². The number of rotatable bonds is 7. The number of carbonyl (C=O) groups is 1. The summed E-state index contributed by atoms with van der Waals surface area (Å²) in [6.07, 6.45) is 0. The van der Waals surface area contributed by atoms with Crippen LogP contribution in [-0.4, -0.2) is 46.4 Å². The van der Waals surface area contributed by atoms with Crippen molar-refractivity contribution in [3.63, 3.8) is 0 Å². The Labute approximate surface area is 153 Å². The summed E-state index contributed by atoms with van der Waals surface area (Å²) in [4.78, 5) is 12.2. The summed E-state index contributed by atoms with van der Waals surface area (Å²) in [6.45, 7) is 1.64. The number of benzene rings is 2. The molecule has 2 aromatic carbocycles. The van der Waals surface area contributed by atoms with E-state index >= 15 is 0 Å². The summed E-state index contributed by atoms with van der Waals surface area (Å²) in [5.74, 6) is 0.477.